The smallest absolute Gasteiger partial charge is 0.196 e. The van der Waals surface area contributed by atoms with Crippen LogP contribution in [0.2, 0.25) is 5.02 Å². The van der Waals surface area contributed by atoms with Crippen molar-refractivity contribution in [1.29, 1.82) is 0 Å². The van der Waals surface area contributed by atoms with Gasteiger partial charge in [-0.1, -0.05) is 61.6 Å². The van der Waals surface area contributed by atoms with Crippen LogP contribution in [-0.4, -0.2) is 22.8 Å². The van der Waals surface area contributed by atoms with Gasteiger partial charge in [0.15, 0.2) is 11.6 Å². The van der Waals surface area contributed by atoms with Gasteiger partial charge in [0.2, 0.25) is 0 Å². The summed E-state index contributed by atoms with van der Waals surface area (Å²) in [6.07, 6.45) is -0.782. The van der Waals surface area contributed by atoms with E-state index in [4.69, 9.17) is 11.6 Å². The topological polar surface area (TPSA) is 54.4 Å². The van der Waals surface area contributed by atoms with Crippen LogP contribution in [-0.2, 0) is 0 Å². The SMILES string of the molecule is CC(C)C(O)C#Cc1ccc2c(c1Cl)C(=O)c1ccccc1C2=O. The standard InChI is InChI=1S/C20H15ClO3/c1-11(2)16(22)10-8-12-7-9-15-17(18(12)21)20(24)14-6-4-3-5-13(14)19(15)23/h3-7,9,11,16,22H,1-2H3. The molecule has 0 saturated carbocycles. The molecule has 0 amide bonds. The molecule has 4 heteroatoms. The number of aliphatic hydroxyl groups excluding tert-OH is 1. The summed E-state index contributed by atoms with van der Waals surface area (Å²) in [5, 5.41) is 9.96. The van der Waals surface area contributed by atoms with E-state index in [1.54, 1.807) is 36.4 Å². The quantitative estimate of drug-likeness (QED) is 0.691. The fourth-order valence-electron chi connectivity index (χ4n) is 2.56. The van der Waals surface area contributed by atoms with Crippen LogP contribution in [0, 0.1) is 17.8 Å². The Morgan fingerprint density at radius 2 is 1.58 bits per heavy atom. The number of ketones is 2. The summed E-state index contributed by atoms with van der Waals surface area (Å²) < 4.78 is 0. The maximum atomic E-state index is 12.7. The van der Waals surface area contributed by atoms with Gasteiger partial charge in [0.25, 0.3) is 0 Å². The molecule has 1 N–H and O–H groups in total. The van der Waals surface area contributed by atoms with Crippen molar-refractivity contribution in [3.8, 4) is 11.8 Å². The molecule has 3 nitrogen and oxygen atoms in total. The van der Waals surface area contributed by atoms with Gasteiger partial charge in [-0.25, -0.2) is 0 Å². The lowest BCUT2D eigenvalue weighted by Gasteiger charge is -2.18. The predicted octanol–water partition coefficient (Wildman–Crippen LogP) is 3.48. The Kier molecular flexibility index (Phi) is 4.28. The summed E-state index contributed by atoms with van der Waals surface area (Å²) in [6.45, 7) is 3.71. The van der Waals surface area contributed by atoms with Crippen molar-refractivity contribution in [2.24, 2.45) is 5.92 Å². The van der Waals surface area contributed by atoms with Crippen LogP contribution in [0.1, 0.15) is 51.3 Å². The van der Waals surface area contributed by atoms with Crippen LogP contribution in [0.25, 0.3) is 0 Å². The van der Waals surface area contributed by atoms with E-state index in [0.717, 1.165) is 0 Å². The van der Waals surface area contributed by atoms with Crippen LogP contribution in [0.15, 0.2) is 36.4 Å². The first-order chi connectivity index (χ1) is 11.4. The van der Waals surface area contributed by atoms with Gasteiger partial charge in [-0.05, 0) is 18.1 Å². The molecule has 2 aromatic rings. The number of carbonyl (C=O) groups is 2. The van der Waals surface area contributed by atoms with Crippen molar-refractivity contribution in [2.75, 3.05) is 0 Å². The van der Waals surface area contributed by atoms with Crippen molar-refractivity contribution in [3.05, 3.63) is 69.2 Å². The first-order valence-corrected chi connectivity index (χ1v) is 8.00. The van der Waals surface area contributed by atoms with Crippen molar-refractivity contribution in [1.82, 2.24) is 0 Å². The molecule has 0 saturated heterocycles. The lowest BCUT2D eigenvalue weighted by Crippen LogP contribution is -2.21. The average molecular weight is 339 g/mol. The molecule has 120 valence electrons. The van der Waals surface area contributed by atoms with Crippen LogP contribution in [0.4, 0.5) is 0 Å². The summed E-state index contributed by atoms with van der Waals surface area (Å²) in [5.74, 6) is 5.02. The molecule has 1 atom stereocenters. The normalized spacial score (nSPS) is 13.9. The number of carbonyl (C=O) groups excluding carboxylic acids is 2. The largest absolute Gasteiger partial charge is 0.380 e. The third-order valence-corrected chi connectivity index (χ3v) is 4.41. The number of fused-ring (bicyclic) bond motifs is 2. The second-order valence-electron chi connectivity index (χ2n) is 6.01. The van der Waals surface area contributed by atoms with E-state index in [1.165, 1.54) is 0 Å². The highest BCUT2D eigenvalue weighted by molar-refractivity contribution is 6.39. The zero-order valence-electron chi connectivity index (χ0n) is 13.3. The Hall–Kier alpha value is -2.41. The lowest BCUT2D eigenvalue weighted by atomic mass is 9.83. The molecule has 0 bridgehead atoms. The van der Waals surface area contributed by atoms with Crippen molar-refractivity contribution in [2.45, 2.75) is 20.0 Å². The highest BCUT2D eigenvalue weighted by Crippen LogP contribution is 2.33. The van der Waals surface area contributed by atoms with E-state index in [1.807, 2.05) is 13.8 Å². The lowest BCUT2D eigenvalue weighted by molar-refractivity contribution is 0.0979. The third-order valence-electron chi connectivity index (χ3n) is 4.02. The van der Waals surface area contributed by atoms with E-state index < -0.39 is 6.10 Å². The molecular weight excluding hydrogens is 324 g/mol. The molecule has 2 aromatic carbocycles. The average Bonchev–Trinajstić information content (AvgIpc) is 2.58. The zero-order chi connectivity index (χ0) is 17.4. The summed E-state index contributed by atoms with van der Waals surface area (Å²) in [6, 6.07) is 9.88. The van der Waals surface area contributed by atoms with Crippen molar-refractivity contribution >= 4 is 23.2 Å². The second-order valence-corrected chi connectivity index (χ2v) is 6.39. The molecule has 0 heterocycles. The van der Waals surface area contributed by atoms with E-state index in [9.17, 15) is 14.7 Å². The summed E-state index contributed by atoms with van der Waals surface area (Å²) in [4.78, 5) is 25.3. The molecule has 1 aliphatic carbocycles. The van der Waals surface area contributed by atoms with Crippen molar-refractivity contribution in [3.63, 3.8) is 0 Å². The van der Waals surface area contributed by atoms with Gasteiger partial charge in [-0.3, -0.25) is 9.59 Å². The van der Waals surface area contributed by atoms with E-state index in [-0.39, 0.29) is 28.1 Å². The Bertz CT molecular complexity index is 916. The summed E-state index contributed by atoms with van der Waals surface area (Å²) in [7, 11) is 0. The number of hydrogen-bond donors (Lipinski definition) is 1. The van der Waals surface area contributed by atoms with Gasteiger partial charge >= 0.3 is 0 Å². The second kappa shape index (κ2) is 6.24. The fraction of sp³-hybridized carbons (Fsp3) is 0.200. The van der Waals surface area contributed by atoms with Crippen LogP contribution < -0.4 is 0 Å². The molecular formula is C20H15ClO3. The number of hydrogen-bond acceptors (Lipinski definition) is 3. The molecule has 24 heavy (non-hydrogen) atoms. The molecule has 0 aliphatic heterocycles. The minimum atomic E-state index is -0.782. The monoisotopic (exact) mass is 338 g/mol. The Morgan fingerprint density at radius 3 is 2.21 bits per heavy atom. The van der Waals surface area contributed by atoms with E-state index in [0.29, 0.717) is 22.3 Å². The predicted molar refractivity (Wildman–Crippen MR) is 92.5 cm³/mol. The van der Waals surface area contributed by atoms with Gasteiger partial charge in [0.05, 0.1) is 10.6 Å². The van der Waals surface area contributed by atoms with Gasteiger partial charge in [-0.15, -0.1) is 0 Å². The Balaban J connectivity index is 2.13. The Morgan fingerprint density at radius 1 is 0.958 bits per heavy atom. The molecule has 1 unspecified atom stereocenters. The van der Waals surface area contributed by atoms with Gasteiger partial charge < -0.3 is 5.11 Å². The molecule has 0 fully saturated rings. The van der Waals surface area contributed by atoms with E-state index >= 15 is 0 Å². The van der Waals surface area contributed by atoms with Gasteiger partial charge in [0, 0.05) is 22.3 Å². The van der Waals surface area contributed by atoms with Gasteiger partial charge in [-0.2, -0.15) is 0 Å². The number of benzene rings is 2. The van der Waals surface area contributed by atoms with Crippen LogP contribution in [0.3, 0.4) is 0 Å². The van der Waals surface area contributed by atoms with Crippen LogP contribution >= 0.6 is 11.6 Å². The molecule has 0 aromatic heterocycles. The van der Waals surface area contributed by atoms with Crippen molar-refractivity contribution < 1.29 is 14.7 Å². The summed E-state index contributed by atoms with van der Waals surface area (Å²) >= 11 is 6.36. The molecule has 1 aliphatic rings. The number of halogens is 1. The maximum absolute atomic E-state index is 12.7. The molecule has 3 rings (SSSR count). The third kappa shape index (κ3) is 2.65. The minimum Gasteiger partial charge on any atom is -0.380 e. The first kappa shape index (κ1) is 16.4. The number of rotatable bonds is 1. The molecule has 0 spiro atoms. The highest BCUT2D eigenvalue weighted by atomic mass is 35.5. The molecule has 0 radical (unpaired) electrons. The van der Waals surface area contributed by atoms with E-state index in [2.05, 4.69) is 11.8 Å². The van der Waals surface area contributed by atoms with Crippen LogP contribution in [0.5, 0.6) is 0 Å². The highest BCUT2D eigenvalue weighted by Gasteiger charge is 2.31. The maximum Gasteiger partial charge on any atom is 0.196 e. The number of aliphatic hydroxyl groups is 1. The van der Waals surface area contributed by atoms with Gasteiger partial charge in [0.1, 0.15) is 6.10 Å². The first-order valence-electron chi connectivity index (χ1n) is 7.62. The fourth-order valence-corrected chi connectivity index (χ4v) is 2.86. The Labute approximate surface area is 145 Å². The summed E-state index contributed by atoms with van der Waals surface area (Å²) in [5.41, 5.74) is 1.64. The minimum absolute atomic E-state index is 0.0102. The zero-order valence-corrected chi connectivity index (χ0v) is 14.0.